The molecule has 0 fully saturated rings. The van der Waals surface area contributed by atoms with Crippen LogP contribution in [0.25, 0.3) is 0 Å². The number of nitrogens with zero attached hydrogens (tertiary/aromatic N) is 1. The summed E-state index contributed by atoms with van der Waals surface area (Å²) in [4.78, 5) is 0. The summed E-state index contributed by atoms with van der Waals surface area (Å²) in [5.41, 5.74) is 1.87. The minimum absolute atomic E-state index is 0. The monoisotopic (exact) mass is 196 g/mol. The maximum atomic E-state index is 8.65. The van der Waals surface area contributed by atoms with Gasteiger partial charge in [-0.05, 0) is 31.7 Å². The van der Waals surface area contributed by atoms with Crippen molar-refractivity contribution in [2.75, 3.05) is 7.05 Å². The summed E-state index contributed by atoms with van der Waals surface area (Å²) in [7, 11) is 1.91. The average Bonchev–Trinajstić information content (AvgIpc) is 2.17. The Kier molecular flexibility index (Phi) is 5.13. The zero-order valence-corrected chi connectivity index (χ0v) is 8.56. The second-order valence-corrected chi connectivity index (χ2v) is 2.75. The van der Waals surface area contributed by atoms with Gasteiger partial charge in [0.15, 0.2) is 0 Å². The number of halogens is 1. The fraction of sp³-hybridized carbons (Fsp3) is 0.300. The number of benzene rings is 1. The molecule has 0 saturated carbocycles. The first-order valence-electron chi connectivity index (χ1n) is 3.95. The predicted molar refractivity (Wildman–Crippen MR) is 55.9 cm³/mol. The van der Waals surface area contributed by atoms with Crippen molar-refractivity contribution in [2.45, 2.75) is 13.0 Å². The third-order valence-corrected chi connectivity index (χ3v) is 1.95. The van der Waals surface area contributed by atoms with Crippen LogP contribution in [-0.2, 0) is 0 Å². The molecule has 1 atom stereocenters. The summed E-state index contributed by atoms with van der Waals surface area (Å²) in [5.74, 6) is 0. The van der Waals surface area contributed by atoms with Crippen molar-refractivity contribution in [2.24, 2.45) is 0 Å². The summed E-state index contributed by atoms with van der Waals surface area (Å²) in [6.07, 6.45) is 0. The van der Waals surface area contributed by atoms with Gasteiger partial charge in [-0.2, -0.15) is 5.26 Å². The van der Waals surface area contributed by atoms with E-state index in [-0.39, 0.29) is 12.4 Å². The molecule has 1 aromatic carbocycles. The van der Waals surface area contributed by atoms with Crippen LogP contribution in [0.5, 0.6) is 0 Å². The SMILES string of the molecule is CN[C@H](C)c1cccc(C#N)c1.Cl. The fourth-order valence-electron chi connectivity index (χ4n) is 1.04. The van der Waals surface area contributed by atoms with Gasteiger partial charge in [-0.15, -0.1) is 12.4 Å². The van der Waals surface area contributed by atoms with Crippen molar-refractivity contribution in [1.82, 2.24) is 5.32 Å². The van der Waals surface area contributed by atoms with Gasteiger partial charge in [0.25, 0.3) is 0 Å². The van der Waals surface area contributed by atoms with Crippen molar-refractivity contribution in [3.63, 3.8) is 0 Å². The summed E-state index contributed by atoms with van der Waals surface area (Å²) in [6.45, 7) is 2.07. The quantitative estimate of drug-likeness (QED) is 0.788. The molecule has 0 aliphatic heterocycles. The van der Waals surface area contributed by atoms with E-state index in [0.717, 1.165) is 11.1 Å². The van der Waals surface area contributed by atoms with Gasteiger partial charge in [0.2, 0.25) is 0 Å². The van der Waals surface area contributed by atoms with E-state index in [2.05, 4.69) is 18.3 Å². The highest BCUT2D eigenvalue weighted by molar-refractivity contribution is 5.85. The van der Waals surface area contributed by atoms with Crippen LogP contribution in [0, 0.1) is 11.3 Å². The highest BCUT2D eigenvalue weighted by Gasteiger charge is 2.01. The third-order valence-electron chi connectivity index (χ3n) is 1.95. The van der Waals surface area contributed by atoms with Gasteiger partial charge in [0.1, 0.15) is 0 Å². The molecule has 1 rings (SSSR count). The minimum atomic E-state index is 0. The highest BCUT2D eigenvalue weighted by Crippen LogP contribution is 2.12. The molecule has 0 unspecified atom stereocenters. The van der Waals surface area contributed by atoms with Gasteiger partial charge in [-0.25, -0.2) is 0 Å². The number of hydrogen-bond acceptors (Lipinski definition) is 2. The number of rotatable bonds is 2. The Hall–Kier alpha value is -1.04. The lowest BCUT2D eigenvalue weighted by molar-refractivity contribution is 0.652. The maximum absolute atomic E-state index is 8.65. The van der Waals surface area contributed by atoms with Gasteiger partial charge < -0.3 is 5.32 Å². The smallest absolute Gasteiger partial charge is 0.0991 e. The van der Waals surface area contributed by atoms with Crippen LogP contribution in [0.4, 0.5) is 0 Å². The van der Waals surface area contributed by atoms with E-state index in [1.807, 2.05) is 31.3 Å². The van der Waals surface area contributed by atoms with Gasteiger partial charge in [-0.1, -0.05) is 12.1 Å². The highest BCUT2D eigenvalue weighted by atomic mass is 35.5. The van der Waals surface area contributed by atoms with E-state index in [1.165, 1.54) is 0 Å². The minimum Gasteiger partial charge on any atom is -0.313 e. The predicted octanol–water partition coefficient (Wildman–Crippen LogP) is 2.26. The van der Waals surface area contributed by atoms with E-state index >= 15 is 0 Å². The van der Waals surface area contributed by atoms with Crippen molar-refractivity contribution in [1.29, 1.82) is 5.26 Å². The molecular formula is C10H13ClN2. The Labute approximate surface area is 85.0 Å². The lowest BCUT2D eigenvalue weighted by Gasteiger charge is -2.09. The van der Waals surface area contributed by atoms with Gasteiger partial charge in [0.05, 0.1) is 11.6 Å². The van der Waals surface area contributed by atoms with Crippen LogP contribution in [0.15, 0.2) is 24.3 Å². The fourth-order valence-corrected chi connectivity index (χ4v) is 1.04. The molecule has 0 aromatic heterocycles. The first kappa shape index (κ1) is 12.0. The van der Waals surface area contributed by atoms with Crippen molar-refractivity contribution >= 4 is 12.4 Å². The average molecular weight is 197 g/mol. The van der Waals surface area contributed by atoms with E-state index in [0.29, 0.717) is 6.04 Å². The molecule has 0 spiro atoms. The molecule has 0 bridgehead atoms. The molecule has 0 saturated heterocycles. The van der Waals surface area contributed by atoms with Crippen molar-refractivity contribution < 1.29 is 0 Å². The van der Waals surface area contributed by atoms with Crippen molar-refractivity contribution in [3.05, 3.63) is 35.4 Å². The molecule has 1 N–H and O–H groups in total. The van der Waals surface area contributed by atoms with Gasteiger partial charge in [0, 0.05) is 6.04 Å². The van der Waals surface area contributed by atoms with Gasteiger partial charge in [-0.3, -0.25) is 0 Å². The van der Waals surface area contributed by atoms with Crippen LogP contribution in [0.1, 0.15) is 24.1 Å². The van der Waals surface area contributed by atoms with Crippen LogP contribution in [0.2, 0.25) is 0 Å². The zero-order valence-electron chi connectivity index (χ0n) is 7.74. The summed E-state index contributed by atoms with van der Waals surface area (Å²) >= 11 is 0. The molecule has 0 aliphatic carbocycles. The first-order chi connectivity index (χ1) is 5.77. The summed E-state index contributed by atoms with van der Waals surface area (Å²) < 4.78 is 0. The van der Waals surface area contributed by atoms with Crippen LogP contribution < -0.4 is 5.32 Å². The largest absolute Gasteiger partial charge is 0.313 e. The van der Waals surface area contributed by atoms with Crippen LogP contribution in [-0.4, -0.2) is 7.05 Å². The number of nitriles is 1. The second kappa shape index (κ2) is 5.58. The normalized spacial score (nSPS) is 11.2. The molecule has 70 valence electrons. The summed E-state index contributed by atoms with van der Waals surface area (Å²) in [6, 6.07) is 10.1. The third kappa shape index (κ3) is 3.06. The molecule has 0 aliphatic rings. The topological polar surface area (TPSA) is 35.8 Å². The molecule has 1 aromatic rings. The Morgan fingerprint density at radius 1 is 1.46 bits per heavy atom. The number of hydrogen-bond donors (Lipinski definition) is 1. The molecule has 2 nitrogen and oxygen atoms in total. The zero-order chi connectivity index (χ0) is 8.97. The molecule has 0 amide bonds. The Bertz CT molecular complexity index is 304. The van der Waals surface area contributed by atoms with Crippen LogP contribution in [0.3, 0.4) is 0 Å². The number of nitrogens with one attached hydrogen (secondary N) is 1. The summed E-state index contributed by atoms with van der Waals surface area (Å²) in [5, 5.41) is 11.8. The van der Waals surface area contributed by atoms with E-state index in [4.69, 9.17) is 5.26 Å². The van der Waals surface area contributed by atoms with E-state index < -0.39 is 0 Å². The Balaban J connectivity index is 0.00000144. The standard InChI is InChI=1S/C10H12N2.ClH/c1-8(12-2)10-5-3-4-9(6-10)7-11;/h3-6,8,12H,1-2H3;1H/t8-;/m1./s1. The van der Waals surface area contributed by atoms with E-state index in [1.54, 1.807) is 0 Å². The van der Waals surface area contributed by atoms with Crippen LogP contribution >= 0.6 is 12.4 Å². The first-order valence-corrected chi connectivity index (χ1v) is 3.95. The molecule has 13 heavy (non-hydrogen) atoms. The Morgan fingerprint density at radius 3 is 2.69 bits per heavy atom. The maximum Gasteiger partial charge on any atom is 0.0991 e. The second-order valence-electron chi connectivity index (χ2n) is 2.75. The lowest BCUT2D eigenvalue weighted by atomic mass is 10.1. The molecular weight excluding hydrogens is 184 g/mol. The Morgan fingerprint density at radius 2 is 2.15 bits per heavy atom. The lowest BCUT2D eigenvalue weighted by Crippen LogP contribution is -2.12. The molecule has 0 heterocycles. The van der Waals surface area contributed by atoms with Gasteiger partial charge >= 0.3 is 0 Å². The van der Waals surface area contributed by atoms with Crippen molar-refractivity contribution in [3.8, 4) is 6.07 Å². The molecule has 0 radical (unpaired) electrons. The molecule has 3 heteroatoms. The van der Waals surface area contributed by atoms with E-state index in [9.17, 15) is 0 Å².